The van der Waals surface area contributed by atoms with Crippen LogP contribution in [0.25, 0.3) is 11.6 Å². The minimum Gasteiger partial charge on any atom is -0.461 e. The lowest BCUT2D eigenvalue weighted by Crippen LogP contribution is -2.16. The summed E-state index contributed by atoms with van der Waals surface area (Å²) >= 11 is 1.26. The molecule has 3 heterocycles. The molecule has 0 aliphatic carbocycles. The van der Waals surface area contributed by atoms with Crippen molar-refractivity contribution in [2.24, 2.45) is 5.10 Å². The standard InChI is InChI=1S/C20H16N6O5S/c1-2-25-18(15-5-3-9-30-15)22-24-20(25)32-17-8-7-14(26(28)29)11-13(17)12-21-23-19(27)16-6-4-10-31-16/h3-12H,2H2,1H3,(H,23,27)/b21-12-. The Labute approximate surface area is 185 Å². The molecule has 1 N–H and O–H groups in total. The highest BCUT2D eigenvalue weighted by Crippen LogP contribution is 2.33. The predicted molar refractivity (Wildman–Crippen MR) is 114 cm³/mol. The van der Waals surface area contributed by atoms with E-state index in [1.807, 2.05) is 11.5 Å². The maximum absolute atomic E-state index is 12.0. The summed E-state index contributed by atoms with van der Waals surface area (Å²) in [6.07, 6.45) is 4.25. The normalized spacial score (nSPS) is 11.2. The monoisotopic (exact) mass is 452 g/mol. The van der Waals surface area contributed by atoms with Crippen molar-refractivity contribution in [1.29, 1.82) is 0 Å². The van der Waals surface area contributed by atoms with Gasteiger partial charge in [0.1, 0.15) is 0 Å². The van der Waals surface area contributed by atoms with Gasteiger partial charge >= 0.3 is 5.91 Å². The number of nitro groups is 1. The molecule has 0 atom stereocenters. The first kappa shape index (κ1) is 21.1. The molecule has 162 valence electrons. The first-order valence-electron chi connectivity index (χ1n) is 9.37. The lowest BCUT2D eigenvalue weighted by atomic mass is 10.2. The number of carbonyl (C=O) groups excluding carboxylic acids is 1. The molecule has 0 unspecified atom stereocenters. The lowest BCUT2D eigenvalue weighted by molar-refractivity contribution is -0.384. The second-order valence-electron chi connectivity index (χ2n) is 6.29. The largest absolute Gasteiger partial charge is 0.461 e. The Hall–Kier alpha value is -4.19. The fraction of sp³-hybridized carbons (Fsp3) is 0.100. The first-order valence-corrected chi connectivity index (χ1v) is 10.2. The molecule has 32 heavy (non-hydrogen) atoms. The van der Waals surface area contributed by atoms with Gasteiger partial charge in [-0.05, 0) is 49.0 Å². The maximum atomic E-state index is 12.0. The number of aromatic nitrogens is 3. The summed E-state index contributed by atoms with van der Waals surface area (Å²) in [6.45, 7) is 2.53. The summed E-state index contributed by atoms with van der Waals surface area (Å²) in [5, 5.41) is 24.2. The highest BCUT2D eigenvalue weighted by atomic mass is 32.2. The molecule has 0 saturated heterocycles. The zero-order chi connectivity index (χ0) is 22.5. The Kier molecular flexibility index (Phi) is 6.12. The molecular weight excluding hydrogens is 436 g/mol. The average Bonchev–Trinajstić information content (AvgIpc) is 3.55. The number of amides is 1. The van der Waals surface area contributed by atoms with Crippen LogP contribution in [0.15, 0.2) is 79.0 Å². The number of nitro benzene ring substituents is 1. The number of hydrogen-bond donors (Lipinski definition) is 1. The van der Waals surface area contributed by atoms with Crippen LogP contribution in [0.4, 0.5) is 5.69 Å². The zero-order valence-corrected chi connectivity index (χ0v) is 17.5. The maximum Gasteiger partial charge on any atom is 0.307 e. The minimum atomic E-state index is -0.542. The van der Waals surface area contributed by atoms with Crippen molar-refractivity contribution in [2.45, 2.75) is 23.5 Å². The van der Waals surface area contributed by atoms with Crippen molar-refractivity contribution >= 4 is 29.6 Å². The number of nitrogens with zero attached hydrogens (tertiary/aromatic N) is 5. The summed E-state index contributed by atoms with van der Waals surface area (Å²) in [6, 6.07) is 11.0. The molecular formula is C20H16N6O5S. The third kappa shape index (κ3) is 4.44. The van der Waals surface area contributed by atoms with Crippen LogP contribution < -0.4 is 5.43 Å². The van der Waals surface area contributed by atoms with Gasteiger partial charge in [-0.1, -0.05) is 0 Å². The SMILES string of the molecule is CCn1c(Sc2ccc([N+](=O)[O-])cc2/C=N\NC(=O)c2ccco2)nnc1-c1ccco1. The van der Waals surface area contributed by atoms with E-state index in [0.29, 0.717) is 33.7 Å². The molecule has 0 radical (unpaired) electrons. The highest BCUT2D eigenvalue weighted by Gasteiger charge is 2.18. The number of furan rings is 2. The minimum absolute atomic E-state index is 0.0947. The van der Waals surface area contributed by atoms with Crippen molar-refractivity contribution in [3.8, 4) is 11.6 Å². The molecule has 12 heteroatoms. The van der Waals surface area contributed by atoms with E-state index < -0.39 is 10.8 Å². The number of non-ortho nitro benzene ring substituents is 1. The Morgan fingerprint density at radius 1 is 1.25 bits per heavy atom. The number of benzene rings is 1. The van der Waals surface area contributed by atoms with Crippen LogP contribution in [0, 0.1) is 10.1 Å². The number of rotatable bonds is 8. The number of carbonyl (C=O) groups is 1. The first-order chi connectivity index (χ1) is 15.6. The predicted octanol–water partition coefficient (Wildman–Crippen LogP) is 3.97. The molecule has 0 fully saturated rings. The number of hydrogen-bond acceptors (Lipinski definition) is 9. The molecule has 1 aromatic carbocycles. The summed E-state index contributed by atoms with van der Waals surface area (Å²) in [5.41, 5.74) is 2.65. The number of nitrogens with one attached hydrogen (secondary N) is 1. The van der Waals surface area contributed by atoms with Gasteiger partial charge < -0.3 is 8.83 Å². The van der Waals surface area contributed by atoms with Crippen LogP contribution in [-0.2, 0) is 6.54 Å². The quantitative estimate of drug-likeness (QED) is 0.240. The van der Waals surface area contributed by atoms with Crippen LogP contribution in [0.3, 0.4) is 0 Å². The van der Waals surface area contributed by atoms with Gasteiger partial charge in [0.05, 0.1) is 23.7 Å². The zero-order valence-electron chi connectivity index (χ0n) is 16.7. The lowest BCUT2D eigenvalue weighted by Gasteiger charge is -2.08. The van der Waals surface area contributed by atoms with E-state index in [2.05, 4.69) is 20.7 Å². The molecule has 3 aromatic heterocycles. The van der Waals surface area contributed by atoms with Crippen molar-refractivity contribution in [1.82, 2.24) is 20.2 Å². The van der Waals surface area contributed by atoms with E-state index >= 15 is 0 Å². The van der Waals surface area contributed by atoms with Gasteiger partial charge in [0.2, 0.25) is 0 Å². The molecule has 4 aromatic rings. The summed E-state index contributed by atoms with van der Waals surface area (Å²) in [7, 11) is 0. The molecule has 0 saturated carbocycles. The van der Waals surface area contributed by atoms with E-state index in [0.717, 1.165) is 0 Å². The Balaban J connectivity index is 1.62. The molecule has 1 amide bonds. The van der Waals surface area contributed by atoms with E-state index in [-0.39, 0.29) is 11.4 Å². The second-order valence-corrected chi connectivity index (χ2v) is 7.29. The van der Waals surface area contributed by atoms with E-state index in [1.54, 1.807) is 30.5 Å². The summed E-state index contributed by atoms with van der Waals surface area (Å²) < 4.78 is 12.3. The molecule has 0 bridgehead atoms. The molecule has 11 nitrogen and oxygen atoms in total. The Morgan fingerprint density at radius 3 is 2.75 bits per heavy atom. The Bertz CT molecular complexity index is 1260. The fourth-order valence-corrected chi connectivity index (χ4v) is 3.77. The van der Waals surface area contributed by atoms with Gasteiger partial charge in [-0.2, -0.15) is 5.10 Å². The molecule has 4 rings (SSSR count). The van der Waals surface area contributed by atoms with Crippen molar-refractivity contribution < 1.29 is 18.6 Å². The fourth-order valence-electron chi connectivity index (χ4n) is 2.80. The molecule has 0 spiro atoms. The average molecular weight is 452 g/mol. The van der Waals surface area contributed by atoms with E-state index in [1.165, 1.54) is 42.4 Å². The summed E-state index contributed by atoms with van der Waals surface area (Å²) in [5.74, 6) is 0.706. The van der Waals surface area contributed by atoms with Gasteiger partial charge in [0, 0.05) is 29.1 Å². The van der Waals surface area contributed by atoms with Crippen LogP contribution >= 0.6 is 11.8 Å². The molecule has 0 aliphatic heterocycles. The van der Waals surface area contributed by atoms with Crippen molar-refractivity contribution in [2.75, 3.05) is 0 Å². The van der Waals surface area contributed by atoms with Crippen LogP contribution in [0.5, 0.6) is 0 Å². The topological polar surface area (TPSA) is 142 Å². The van der Waals surface area contributed by atoms with Crippen LogP contribution in [0.2, 0.25) is 0 Å². The molecule has 0 aliphatic rings. The van der Waals surface area contributed by atoms with Gasteiger partial charge in [-0.3, -0.25) is 19.5 Å². The van der Waals surface area contributed by atoms with Gasteiger partial charge in [-0.25, -0.2) is 5.43 Å². The van der Waals surface area contributed by atoms with Crippen LogP contribution in [0.1, 0.15) is 23.0 Å². The highest BCUT2D eigenvalue weighted by molar-refractivity contribution is 7.99. The third-order valence-electron chi connectivity index (χ3n) is 4.29. The number of hydrazone groups is 1. The van der Waals surface area contributed by atoms with Gasteiger partial charge in [0.25, 0.3) is 5.69 Å². The van der Waals surface area contributed by atoms with Gasteiger partial charge in [0.15, 0.2) is 22.5 Å². The van der Waals surface area contributed by atoms with E-state index in [9.17, 15) is 14.9 Å². The van der Waals surface area contributed by atoms with Crippen LogP contribution in [-0.4, -0.2) is 31.8 Å². The van der Waals surface area contributed by atoms with E-state index in [4.69, 9.17) is 8.83 Å². The third-order valence-corrected chi connectivity index (χ3v) is 5.37. The van der Waals surface area contributed by atoms with Gasteiger partial charge in [-0.15, -0.1) is 10.2 Å². The smallest absolute Gasteiger partial charge is 0.307 e. The van der Waals surface area contributed by atoms with Crippen molar-refractivity contribution in [3.63, 3.8) is 0 Å². The summed E-state index contributed by atoms with van der Waals surface area (Å²) in [4.78, 5) is 23.3. The second kappa shape index (κ2) is 9.31. The van der Waals surface area contributed by atoms with Crippen molar-refractivity contribution in [3.05, 3.63) is 76.4 Å². The Morgan fingerprint density at radius 2 is 2.06 bits per heavy atom.